The van der Waals surface area contributed by atoms with Gasteiger partial charge in [-0.05, 0) is 95.2 Å². The number of aryl methyl sites for hydroxylation is 3. The predicted octanol–water partition coefficient (Wildman–Crippen LogP) is 8.23. The van der Waals surface area contributed by atoms with Crippen LogP contribution >= 0.6 is 11.3 Å². The predicted molar refractivity (Wildman–Crippen MR) is 184 cm³/mol. The number of rotatable bonds is 6. The third kappa shape index (κ3) is 5.56. The number of nitrogens with zero attached hydrogens (tertiary/aromatic N) is 4. The topological polar surface area (TPSA) is 81.3 Å². The molecule has 3 heterocycles. The molecule has 2 aromatic carbocycles. The summed E-state index contributed by atoms with van der Waals surface area (Å²) in [6.45, 7) is 6.18. The van der Waals surface area contributed by atoms with Crippen molar-refractivity contribution in [2.24, 2.45) is 5.10 Å². The molecule has 7 rings (SSSR count). The summed E-state index contributed by atoms with van der Waals surface area (Å²) in [4.78, 5) is 33.9. The summed E-state index contributed by atoms with van der Waals surface area (Å²) < 4.78 is 3.73. The lowest BCUT2D eigenvalue weighted by molar-refractivity contribution is 0.102. The molecular weight excluding hydrogens is 579 g/mol. The van der Waals surface area contributed by atoms with E-state index in [4.69, 9.17) is 10.1 Å². The molecule has 230 valence electrons. The van der Waals surface area contributed by atoms with E-state index < -0.39 is 0 Å². The maximum Gasteiger partial charge on any atom is 0.282 e. The van der Waals surface area contributed by atoms with Crippen LogP contribution in [0.5, 0.6) is 0 Å². The number of amides is 1. The van der Waals surface area contributed by atoms with Gasteiger partial charge >= 0.3 is 0 Å². The van der Waals surface area contributed by atoms with Crippen LogP contribution in [0, 0.1) is 20.8 Å². The molecule has 0 aliphatic heterocycles. The number of para-hydroxylation sites is 1. The van der Waals surface area contributed by atoms with Crippen LogP contribution in [0.15, 0.2) is 64.5 Å². The number of benzene rings is 2. The number of carbonyl (C=O) groups is 1. The number of thiophene rings is 1. The first-order chi connectivity index (χ1) is 21.9. The van der Waals surface area contributed by atoms with Gasteiger partial charge in [-0.2, -0.15) is 9.78 Å². The molecule has 0 radical (unpaired) electrons. The van der Waals surface area contributed by atoms with Crippen molar-refractivity contribution in [3.63, 3.8) is 0 Å². The number of nitrogens with one attached hydrogen (secondary N) is 1. The van der Waals surface area contributed by atoms with Crippen molar-refractivity contribution >= 4 is 40.0 Å². The van der Waals surface area contributed by atoms with Gasteiger partial charge in [-0.25, -0.2) is 4.98 Å². The van der Waals surface area contributed by atoms with E-state index in [2.05, 4.69) is 29.8 Å². The standard InChI is InChI=1S/C37H39N5O2S/c1-23-17-19-28(20-18-23)39-35(43)33-30-14-8-10-16-32(30)45-37(33)41-24(2)21-27(25(41)3)22-38-42-34(26-11-5-4-6-12-26)40-31-15-9-7-13-29(31)36(42)44/h7,9,13,15,17-22,26H,4-6,8,10-12,14,16H2,1-3H3,(H,39,43). The minimum Gasteiger partial charge on any atom is -0.322 e. The highest BCUT2D eigenvalue weighted by Crippen LogP contribution is 2.39. The van der Waals surface area contributed by atoms with Gasteiger partial charge in [0.25, 0.3) is 11.5 Å². The molecule has 8 heteroatoms. The smallest absolute Gasteiger partial charge is 0.282 e. The van der Waals surface area contributed by atoms with Crippen LogP contribution in [-0.4, -0.2) is 26.3 Å². The van der Waals surface area contributed by atoms with Gasteiger partial charge in [-0.1, -0.05) is 49.1 Å². The second-order valence-electron chi connectivity index (χ2n) is 12.6. The first kappa shape index (κ1) is 29.4. The molecule has 1 N–H and O–H groups in total. The van der Waals surface area contributed by atoms with Crippen LogP contribution in [0.1, 0.15) is 100 Å². The second-order valence-corrected chi connectivity index (χ2v) is 13.6. The third-order valence-corrected chi connectivity index (χ3v) is 10.7. The zero-order valence-corrected chi connectivity index (χ0v) is 27.0. The second kappa shape index (κ2) is 12.2. The fourth-order valence-corrected chi connectivity index (χ4v) is 8.50. The molecule has 0 atom stereocenters. The molecule has 1 saturated carbocycles. The molecule has 1 fully saturated rings. The van der Waals surface area contributed by atoms with Crippen molar-refractivity contribution in [1.82, 2.24) is 14.2 Å². The molecule has 3 aromatic heterocycles. The van der Waals surface area contributed by atoms with Crippen molar-refractivity contribution in [3.8, 4) is 5.00 Å². The SMILES string of the molecule is Cc1ccc(NC(=O)c2c(-n3c(C)cc(C=Nn4c(C5CCCCC5)nc5ccccc5c4=O)c3C)sc3c2CCCC3)cc1. The number of hydrogen-bond donors (Lipinski definition) is 1. The molecule has 0 bridgehead atoms. The molecule has 2 aliphatic carbocycles. The Morgan fingerprint density at radius 1 is 0.978 bits per heavy atom. The molecular formula is C37H39N5O2S. The lowest BCUT2D eigenvalue weighted by Crippen LogP contribution is -2.25. The first-order valence-corrected chi connectivity index (χ1v) is 17.0. The highest BCUT2D eigenvalue weighted by Gasteiger charge is 2.28. The van der Waals surface area contributed by atoms with Crippen molar-refractivity contribution < 1.29 is 4.79 Å². The Balaban J connectivity index is 1.29. The van der Waals surface area contributed by atoms with Gasteiger partial charge in [-0.3, -0.25) is 9.59 Å². The average Bonchev–Trinajstić information content (AvgIpc) is 3.57. The number of carbonyl (C=O) groups excluding carboxylic acids is 1. The van der Waals surface area contributed by atoms with E-state index in [9.17, 15) is 9.59 Å². The van der Waals surface area contributed by atoms with Gasteiger partial charge < -0.3 is 9.88 Å². The molecule has 0 unspecified atom stereocenters. The fourth-order valence-electron chi connectivity index (χ4n) is 7.00. The Kier molecular flexibility index (Phi) is 8.00. The molecule has 2 aliphatic rings. The van der Waals surface area contributed by atoms with Gasteiger partial charge in [-0.15, -0.1) is 11.3 Å². The first-order valence-electron chi connectivity index (χ1n) is 16.2. The van der Waals surface area contributed by atoms with Crippen LogP contribution in [0.3, 0.4) is 0 Å². The molecule has 0 saturated heterocycles. The van der Waals surface area contributed by atoms with E-state index >= 15 is 0 Å². The van der Waals surface area contributed by atoms with Crippen LogP contribution < -0.4 is 10.9 Å². The van der Waals surface area contributed by atoms with E-state index in [-0.39, 0.29) is 17.4 Å². The monoisotopic (exact) mass is 617 g/mol. The van der Waals surface area contributed by atoms with Crippen LogP contribution in [0.25, 0.3) is 15.9 Å². The summed E-state index contributed by atoms with van der Waals surface area (Å²) in [6, 6.07) is 17.6. The van der Waals surface area contributed by atoms with Crippen LogP contribution in [-0.2, 0) is 12.8 Å². The van der Waals surface area contributed by atoms with Gasteiger partial charge in [0, 0.05) is 33.4 Å². The third-order valence-electron chi connectivity index (χ3n) is 9.42. The van der Waals surface area contributed by atoms with E-state index in [0.29, 0.717) is 5.39 Å². The summed E-state index contributed by atoms with van der Waals surface area (Å²) in [5.74, 6) is 0.902. The minimum absolute atomic E-state index is 0.0677. The lowest BCUT2D eigenvalue weighted by Gasteiger charge is -2.22. The normalized spacial score (nSPS) is 15.5. The van der Waals surface area contributed by atoms with Crippen LogP contribution in [0.2, 0.25) is 0 Å². The van der Waals surface area contributed by atoms with Gasteiger partial charge in [0.05, 0.1) is 22.7 Å². The van der Waals surface area contributed by atoms with E-state index in [1.165, 1.54) is 21.5 Å². The quantitative estimate of drug-likeness (QED) is 0.195. The summed E-state index contributed by atoms with van der Waals surface area (Å²) >= 11 is 1.73. The van der Waals surface area contributed by atoms with Crippen LogP contribution in [0.4, 0.5) is 5.69 Å². The largest absolute Gasteiger partial charge is 0.322 e. The van der Waals surface area contributed by atoms with Crippen molar-refractivity contribution in [2.75, 3.05) is 5.32 Å². The Hall–Kier alpha value is -4.30. The number of aromatic nitrogens is 3. The van der Waals surface area contributed by atoms with E-state index in [1.54, 1.807) is 17.6 Å². The highest BCUT2D eigenvalue weighted by molar-refractivity contribution is 7.15. The molecule has 7 nitrogen and oxygen atoms in total. The van der Waals surface area contributed by atoms with E-state index in [1.807, 2.05) is 55.5 Å². The molecule has 5 aromatic rings. The Morgan fingerprint density at radius 3 is 2.53 bits per heavy atom. The Morgan fingerprint density at radius 2 is 1.73 bits per heavy atom. The Bertz CT molecular complexity index is 1990. The minimum atomic E-state index is -0.132. The van der Waals surface area contributed by atoms with Gasteiger partial charge in [0.1, 0.15) is 10.8 Å². The molecule has 45 heavy (non-hydrogen) atoms. The van der Waals surface area contributed by atoms with Gasteiger partial charge in [0.15, 0.2) is 0 Å². The molecule has 0 spiro atoms. The van der Waals surface area contributed by atoms with Gasteiger partial charge in [0.2, 0.25) is 0 Å². The number of anilines is 1. The number of fused-ring (bicyclic) bond motifs is 2. The summed E-state index contributed by atoms with van der Waals surface area (Å²) in [6.07, 6.45) is 11.5. The molecule has 1 amide bonds. The summed E-state index contributed by atoms with van der Waals surface area (Å²) in [7, 11) is 0. The maximum absolute atomic E-state index is 13.9. The van der Waals surface area contributed by atoms with Crippen molar-refractivity contribution in [1.29, 1.82) is 0 Å². The average molecular weight is 618 g/mol. The fraction of sp³-hybridized carbons (Fsp3) is 0.351. The van der Waals surface area contributed by atoms with E-state index in [0.717, 1.165) is 101 Å². The maximum atomic E-state index is 13.9. The lowest BCUT2D eigenvalue weighted by atomic mass is 9.88. The Labute approximate surface area is 267 Å². The number of hydrogen-bond acceptors (Lipinski definition) is 5. The van der Waals surface area contributed by atoms with Crippen molar-refractivity contribution in [3.05, 3.63) is 109 Å². The van der Waals surface area contributed by atoms with Crippen molar-refractivity contribution in [2.45, 2.75) is 84.5 Å². The highest BCUT2D eigenvalue weighted by atomic mass is 32.1. The zero-order chi connectivity index (χ0) is 31.1. The summed E-state index contributed by atoms with van der Waals surface area (Å²) in [5.41, 5.74) is 7.42. The zero-order valence-electron chi connectivity index (χ0n) is 26.2. The summed E-state index contributed by atoms with van der Waals surface area (Å²) in [5, 5.41) is 9.52.